The fraction of sp³-hybridized carbons (Fsp3) is 0. The molecule has 96 valence electrons. The Balaban J connectivity index is 1.82. The van der Waals surface area contributed by atoms with E-state index in [1.54, 1.807) is 11.3 Å². The highest BCUT2D eigenvalue weighted by molar-refractivity contribution is 7.13. The third kappa shape index (κ3) is 1.84. The van der Waals surface area contributed by atoms with Crippen LogP contribution in [0.2, 0.25) is 0 Å². The number of H-pyrrole nitrogens is 1. The van der Waals surface area contributed by atoms with E-state index in [-0.39, 0.29) is 0 Å². The molecule has 4 aromatic rings. The summed E-state index contributed by atoms with van der Waals surface area (Å²) in [7, 11) is 0. The van der Waals surface area contributed by atoms with Crippen LogP contribution in [0.3, 0.4) is 0 Å². The number of hydrogen-bond acceptors (Lipinski definition) is 2. The van der Waals surface area contributed by atoms with Crippen LogP contribution < -0.4 is 0 Å². The average Bonchev–Trinajstić information content (AvgIpc) is 3.14. The monoisotopic (exact) mass is 276 g/mol. The van der Waals surface area contributed by atoms with E-state index in [2.05, 4.69) is 40.7 Å². The Morgan fingerprint density at radius 1 is 0.900 bits per heavy atom. The smallest absolute Gasteiger partial charge is 0.126 e. The predicted octanol–water partition coefficient (Wildman–Crippen LogP) is 4.96. The molecule has 3 heteroatoms. The highest BCUT2D eigenvalue weighted by Crippen LogP contribution is 2.33. The number of rotatable bonds is 2. The van der Waals surface area contributed by atoms with E-state index in [1.165, 1.54) is 10.9 Å². The van der Waals surface area contributed by atoms with Crippen molar-refractivity contribution in [1.82, 2.24) is 9.97 Å². The molecule has 0 aliphatic carbocycles. The normalized spacial score (nSPS) is 11.0. The van der Waals surface area contributed by atoms with Gasteiger partial charge in [-0.1, -0.05) is 48.5 Å². The van der Waals surface area contributed by atoms with Crippen LogP contribution in [0.5, 0.6) is 0 Å². The minimum absolute atomic E-state index is 1.04. The Labute approximate surface area is 120 Å². The molecule has 0 saturated heterocycles. The number of benzene rings is 2. The zero-order chi connectivity index (χ0) is 13.4. The Kier molecular flexibility index (Phi) is 2.64. The van der Waals surface area contributed by atoms with E-state index in [1.807, 2.05) is 30.5 Å². The molecular weight excluding hydrogens is 264 g/mol. The second kappa shape index (κ2) is 4.62. The second-order valence-corrected chi connectivity index (χ2v) is 5.51. The largest absolute Gasteiger partial charge is 0.360 e. The molecule has 0 bridgehead atoms. The van der Waals surface area contributed by atoms with Crippen LogP contribution in [0.4, 0.5) is 0 Å². The lowest BCUT2D eigenvalue weighted by Gasteiger charge is -1.95. The Morgan fingerprint density at radius 2 is 1.70 bits per heavy atom. The third-order valence-electron chi connectivity index (χ3n) is 3.39. The molecule has 0 unspecified atom stereocenters. The van der Waals surface area contributed by atoms with Crippen molar-refractivity contribution in [1.29, 1.82) is 0 Å². The summed E-state index contributed by atoms with van der Waals surface area (Å²) in [5, 5.41) is 4.40. The molecule has 0 aliphatic rings. The maximum Gasteiger partial charge on any atom is 0.126 e. The lowest BCUT2D eigenvalue weighted by atomic mass is 10.1. The van der Waals surface area contributed by atoms with Gasteiger partial charge in [0.2, 0.25) is 0 Å². The Hall–Kier alpha value is -2.39. The van der Waals surface area contributed by atoms with Crippen molar-refractivity contribution in [3.05, 3.63) is 66.2 Å². The van der Waals surface area contributed by atoms with Gasteiger partial charge in [0.05, 0.1) is 5.69 Å². The standard InChI is InChI=1S/C17H12N2S/c1-2-6-12(7-3-1)16-11-20-17(19-16)14-10-18-15-9-5-4-8-13(14)15/h1-11,18H. The van der Waals surface area contributed by atoms with E-state index in [4.69, 9.17) is 4.98 Å². The number of thiazole rings is 1. The van der Waals surface area contributed by atoms with Gasteiger partial charge in [-0.15, -0.1) is 11.3 Å². The molecule has 20 heavy (non-hydrogen) atoms. The van der Waals surface area contributed by atoms with E-state index in [9.17, 15) is 0 Å². The first-order valence-electron chi connectivity index (χ1n) is 6.49. The first-order valence-corrected chi connectivity index (χ1v) is 7.37. The van der Waals surface area contributed by atoms with E-state index < -0.39 is 0 Å². The number of aromatic amines is 1. The molecule has 0 fully saturated rings. The van der Waals surface area contributed by atoms with Gasteiger partial charge < -0.3 is 4.98 Å². The van der Waals surface area contributed by atoms with Gasteiger partial charge in [-0.25, -0.2) is 4.98 Å². The SMILES string of the molecule is c1ccc(-c2csc(-c3c[nH]c4ccccc34)n2)cc1. The molecule has 0 saturated carbocycles. The van der Waals surface area contributed by atoms with Gasteiger partial charge in [-0.3, -0.25) is 0 Å². The highest BCUT2D eigenvalue weighted by Gasteiger charge is 2.10. The second-order valence-electron chi connectivity index (χ2n) is 4.65. The van der Waals surface area contributed by atoms with Gasteiger partial charge in [0.25, 0.3) is 0 Å². The lowest BCUT2D eigenvalue weighted by Crippen LogP contribution is -1.78. The fourth-order valence-electron chi connectivity index (χ4n) is 2.39. The maximum absolute atomic E-state index is 4.77. The highest BCUT2D eigenvalue weighted by atomic mass is 32.1. The summed E-state index contributed by atoms with van der Waals surface area (Å²) in [4.78, 5) is 8.07. The zero-order valence-corrected chi connectivity index (χ0v) is 11.5. The summed E-state index contributed by atoms with van der Waals surface area (Å²) in [6.07, 6.45) is 2.04. The van der Waals surface area contributed by atoms with Crippen LogP contribution in [0.25, 0.3) is 32.7 Å². The molecule has 1 N–H and O–H groups in total. The van der Waals surface area contributed by atoms with Crippen LogP contribution >= 0.6 is 11.3 Å². The van der Waals surface area contributed by atoms with Gasteiger partial charge in [-0.2, -0.15) is 0 Å². The van der Waals surface area contributed by atoms with Crippen molar-refractivity contribution in [3.8, 4) is 21.8 Å². The molecule has 0 amide bonds. The maximum atomic E-state index is 4.77. The molecule has 0 atom stereocenters. The fourth-order valence-corrected chi connectivity index (χ4v) is 3.25. The number of hydrogen-bond donors (Lipinski definition) is 1. The molecule has 2 aromatic carbocycles. The van der Waals surface area contributed by atoms with Crippen LogP contribution in [-0.2, 0) is 0 Å². The lowest BCUT2D eigenvalue weighted by molar-refractivity contribution is 1.40. The topological polar surface area (TPSA) is 28.7 Å². The summed E-state index contributed by atoms with van der Waals surface area (Å²) in [6, 6.07) is 18.6. The number of nitrogens with one attached hydrogen (secondary N) is 1. The van der Waals surface area contributed by atoms with Crippen molar-refractivity contribution in [2.75, 3.05) is 0 Å². The summed E-state index contributed by atoms with van der Waals surface area (Å²) >= 11 is 1.69. The summed E-state index contributed by atoms with van der Waals surface area (Å²) < 4.78 is 0. The minimum Gasteiger partial charge on any atom is -0.360 e. The summed E-state index contributed by atoms with van der Waals surface area (Å²) in [5.74, 6) is 0. The first kappa shape index (κ1) is 11.4. The third-order valence-corrected chi connectivity index (χ3v) is 4.27. The van der Waals surface area contributed by atoms with E-state index in [0.717, 1.165) is 21.8 Å². The zero-order valence-electron chi connectivity index (χ0n) is 10.7. The van der Waals surface area contributed by atoms with Crippen molar-refractivity contribution in [2.24, 2.45) is 0 Å². The Bertz CT molecular complexity index is 859. The van der Waals surface area contributed by atoms with Crippen molar-refractivity contribution in [3.63, 3.8) is 0 Å². The molecule has 2 nitrogen and oxygen atoms in total. The average molecular weight is 276 g/mol. The van der Waals surface area contributed by atoms with Crippen molar-refractivity contribution < 1.29 is 0 Å². The van der Waals surface area contributed by atoms with Gasteiger partial charge in [0, 0.05) is 33.6 Å². The van der Waals surface area contributed by atoms with Crippen LogP contribution in [-0.4, -0.2) is 9.97 Å². The molecular formula is C17H12N2S. The van der Waals surface area contributed by atoms with Gasteiger partial charge in [0.15, 0.2) is 0 Å². The minimum atomic E-state index is 1.04. The molecule has 2 aromatic heterocycles. The van der Waals surface area contributed by atoms with Gasteiger partial charge in [0.1, 0.15) is 5.01 Å². The van der Waals surface area contributed by atoms with Gasteiger partial charge in [-0.05, 0) is 6.07 Å². The molecule has 0 radical (unpaired) electrons. The first-order chi connectivity index (χ1) is 9.92. The predicted molar refractivity (Wildman–Crippen MR) is 84.8 cm³/mol. The Morgan fingerprint density at radius 3 is 2.60 bits per heavy atom. The number of aromatic nitrogens is 2. The number of para-hydroxylation sites is 1. The van der Waals surface area contributed by atoms with E-state index >= 15 is 0 Å². The van der Waals surface area contributed by atoms with Crippen LogP contribution in [0.15, 0.2) is 66.2 Å². The van der Waals surface area contributed by atoms with Crippen molar-refractivity contribution >= 4 is 22.2 Å². The number of nitrogens with zero attached hydrogens (tertiary/aromatic N) is 1. The summed E-state index contributed by atoms with van der Waals surface area (Å²) in [5.41, 5.74) is 4.53. The number of fused-ring (bicyclic) bond motifs is 1. The molecule has 4 rings (SSSR count). The van der Waals surface area contributed by atoms with Crippen LogP contribution in [0.1, 0.15) is 0 Å². The molecule has 2 heterocycles. The quantitative estimate of drug-likeness (QED) is 0.551. The van der Waals surface area contributed by atoms with Gasteiger partial charge >= 0.3 is 0 Å². The van der Waals surface area contributed by atoms with Crippen molar-refractivity contribution in [2.45, 2.75) is 0 Å². The van der Waals surface area contributed by atoms with Crippen LogP contribution in [0, 0.1) is 0 Å². The summed E-state index contributed by atoms with van der Waals surface area (Å²) in [6.45, 7) is 0. The molecule has 0 spiro atoms. The van der Waals surface area contributed by atoms with E-state index in [0.29, 0.717) is 0 Å². The molecule has 0 aliphatic heterocycles.